The largest absolute Gasteiger partial charge is 0.416 e. The predicted octanol–water partition coefficient (Wildman–Crippen LogP) is 5.55. The molecule has 0 bridgehead atoms. The molecule has 0 saturated heterocycles. The van der Waals surface area contributed by atoms with Crippen molar-refractivity contribution in [2.75, 3.05) is 0 Å². The van der Waals surface area contributed by atoms with Gasteiger partial charge in [0.2, 0.25) is 0 Å². The zero-order chi connectivity index (χ0) is 17.9. The van der Waals surface area contributed by atoms with Gasteiger partial charge < -0.3 is 4.52 Å². The lowest BCUT2D eigenvalue weighted by molar-refractivity contribution is -0.137. The van der Waals surface area contributed by atoms with E-state index in [0.717, 1.165) is 25.0 Å². The lowest BCUT2D eigenvalue weighted by Gasteiger charge is -2.07. The Hall–Kier alpha value is -2.41. The third kappa shape index (κ3) is 4.36. The minimum absolute atomic E-state index is 0.197. The maximum absolute atomic E-state index is 12.5. The molecule has 0 N–H and O–H groups in total. The summed E-state index contributed by atoms with van der Waals surface area (Å²) in [5.74, 6) is 0.391. The van der Waals surface area contributed by atoms with Gasteiger partial charge in [0.05, 0.1) is 17.3 Å². The van der Waals surface area contributed by atoms with Crippen LogP contribution in [0.1, 0.15) is 46.0 Å². The van der Waals surface area contributed by atoms with E-state index in [0.29, 0.717) is 11.3 Å². The third-order valence-electron chi connectivity index (χ3n) is 3.69. The van der Waals surface area contributed by atoms with Gasteiger partial charge in [0.15, 0.2) is 11.5 Å². The van der Waals surface area contributed by atoms with Crippen LogP contribution in [0.4, 0.5) is 13.2 Å². The molecule has 1 aliphatic carbocycles. The summed E-state index contributed by atoms with van der Waals surface area (Å²) in [4.78, 5) is 12.2. The average molecular weight is 365 g/mol. The Morgan fingerprint density at radius 3 is 2.24 bits per heavy atom. The molecule has 0 atom stereocenters. The Bertz CT molecular complexity index is 802. The summed E-state index contributed by atoms with van der Waals surface area (Å²) in [7, 11) is 0. The fourth-order valence-corrected chi connectivity index (χ4v) is 2.71. The van der Waals surface area contributed by atoms with Crippen molar-refractivity contribution in [3.05, 3.63) is 75.8 Å². The fourth-order valence-electron chi connectivity index (χ4n) is 2.25. The Morgan fingerprint density at radius 1 is 1.12 bits per heavy atom. The molecule has 2 heterocycles. The van der Waals surface area contributed by atoms with Crippen molar-refractivity contribution in [2.24, 2.45) is 0 Å². The summed E-state index contributed by atoms with van der Waals surface area (Å²) in [6, 6.07) is 8.19. The zero-order valence-electron chi connectivity index (χ0n) is 13.0. The van der Waals surface area contributed by atoms with Gasteiger partial charge in [0.25, 0.3) is 0 Å². The molecule has 3 aromatic rings. The van der Waals surface area contributed by atoms with E-state index < -0.39 is 11.7 Å². The maximum atomic E-state index is 12.5. The second-order valence-electron chi connectivity index (χ2n) is 5.58. The number of hydrogen-bond donors (Lipinski definition) is 0. The molecule has 7 heteroatoms. The van der Waals surface area contributed by atoms with Crippen molar-refractivity contribution < 1.29 is 22.5 Å². The summed E-state index contributed by atoms with van der Waals surface area (Å²) in [6.07, 6.45) is -1.18. The standard InChI is InChI=1S/C14H10F3NO2.C4H4S/c15-14(16,17)10-5-3-8(4-6-10)12(19)11-7-18-20-13(11)9-1-2-9;1-2-4-5-3-1/h3-7,9H,1-2H2;1-4H. The number of alkyl halides is 3. The van der Waals surface area contributed by atoms with E-state index in [1.165, 1.54) is 18.3 Å². The summed E-state index contributed by atoms with van der Waals surface area (Å²) in [5.41, 5.74) is -0.239. The summed E-state index contributed by atoms with van der Waals surface area (Å²) >= 11 is 1.71. The van der Waals surface area contributed by atoms with Gasteiger partial charge in [-0.05, 0) is 35.7 Å². The molecule has 1 aromatic carbocycles. The number of carbonyl (C=O) groups excluding carboxylic acids is 1. The number of halogens is 3. The van der Waals surface area contributed by atoms with E-state index in [1.807, 2.05) is 22.9 Å². The van der Waals surface area contributed by atoms with Gasteiger partial charge >= 0.3 is 6.18 Å². The van der Waals surface area contributed by atoms with E-state index in [2.05, 4.69) is 5.16 Å². The highest BCUT2D eigenvalue weighted by molar-refractivity contribution is 7.07. The number of ketones is 1. The highest BCUT2D eigenvalue weighted by atomic mass is 32.1. The first-order valence-corrected chi connectivity index (χ1v) is 8.55. The normalized spacial score (nSPS) is 13.9. The quantitative estimate of drug-likeness (QED) is 0.572. The lowest BCUT2D eigenvalue weighted by Crippen LogP contribution is -2.07. The van der Waals surface area contributed by atoms with Crippen LogP contribution >= 0.6 is 11.3 Å². The van der Waals surface area contributed by atoms with Crippen LogP contribution in [0.5, 0.6) is 0 Å². The van der Waals surface area contributed by atoms with Gasteiger partial charge in [-0.15, -0.1) is 0 Å². The molecule has 25 heavy (non-hydrogen) atoms. The molecule has 4 rings (SSSR count). The summed E-state index contributed by atoms with van der Waals surface area (Å²) in [5, 5.41) is 7.69. The Morgan fingerprint density at radius 2 is 1.76 bits per heavy atom. The molecule has 1 aliphatic rings. The Kier molecular flexibility index (Phi) is 5.03. The molecule has 0 amide bonds. The number of aromatic nitrogens is 1. The third-order valence-corrected chi connectivity index (χ3v) is 4.32. The second kappa shape index (κ2) is 7.23. The first kappa shape index (κ1) is 17.4. The summed E-state index contributed by atoms with van der Waals surface area (Å²) < 4.78 is 42.4. The number of benzene rings is 1. The van der Waals surface area contributed by atoms with Crippen LogP contribution in [-0.4, -0.2) is 10.9 Å². The number of rotatable bonds is 3. The molecule has 0 unspecified atom stereocenters. The number of thiophene rings is 1. The number of nitrogens with zero attached hydrogens (tertiary/aromatic N) is 1. The van der Waals surface area contributed by atoms with Gasteiger partial charge in [-0.1, -0.05) is 29.4 Å². The zero-order valence-corrected chi connectivity index (χ0v) is 13.8. The minimum atomic E-state index is -4.40. The molecule has 0 radical (unpaired) electrons. The van der Waals surface area contributed by atoms with Gasteiger partial charge in [-0.2, -0.15) is 24.5 Å². The van der Waals surface area contributed by atoms with Crippen molar-refractivity contribution in [1.29, 1.82) is 0 Å². The van der Waals surface area contributed by atoms with E-state index >= 15 is 0 Å². The topological polar surface area (TPSA) is 43.1 Å². The van der Waals surface area contributed by atoms with Crippen molar-refractivity contribution in [3.8, 4) is 0 Å². The summed E-state index contributed by atoms with van der Waals surface area (Å²) in [6.45, 7) is 0. The SMILES string of the molecule is O=C(c1ccc(C(F)(F)F)cc1)c1cnoc1C1CC1.c1ccsc1. The molecule has 0 spiro atoms. The van der Waals surface area contributed by atoms with Crippen LogP contribution in [-0.2, 0) is 6.18 Å². The first-order valence-electron chi connectivity index (χ1n) is 7.60. The highest BCUT2D eigenvalue weighted by Gasteiger charge is 2.33. The van der Waals surface area contributed by atoms with Crippen LogP contribution in [0.2, 0.25) is 0 Å². The second-order valence-corrected chi connectivity index (χ2v) is 6.39. The molecule has 0 aliphatic heterocycles. The van der Waals surface area contributed by atoms with E-state index in [1.54, 1.807) is 11.3 Å². The van der Waals surface area contributed by atoms with Gasteiger partial charge in [-0.25, -0.2) is 0 Å². The molecule has 3 nitrogen and oxygen atoms in total. The van der Waals surface area contributed by atoms with Crippen LogP contribution in [0.15, 0.2) is 57.9 Å². The van der Waals surface area contributed by atoms with E-state index in [-0.39, 0.29) is 17.3 Å². The predicted molar refractivity (Wildman–Crippen MR) is 87.7 cm³/mol. The van der Waals surface area contributed by atoms with Gasteiger partial charge in [0, 0.05) is 11.5 Å². The van der Waals surface area contributed by atoms with Crippen LogP contribution in [0.3, 0.4) is 0 Å². The minimum Gasteiger partial charge on any atom is -0.360 e. The highest BCUT2D eigenvalue weighted by Crippen LogP contribution is 2.42. The van der Waals surface area contributed by atoms with Crippen LogP contribution in [0, 0.1) is 0 Å². The molecular weight excluding hydrogens is 351 g/mol. The number of hydrogen-bond acceptors (Lipinski definition) is 4. The van der Waals surface area contributed by atoms with Crippen molar-refractivity contribution >= 4 is 17.1 Å². The number of carbonyl (C=O) groups is 1. The molecule has 2 aromatic heterocycles. The van der Waals surface area contributed by atoms with E-state index in [4.69, 9.17) is 4.52 Å². The Labute approximate surface area is 146 Å². The van der Waals surface area contributed by atoms with Crippen LogP contribution < -0.4 is 0 Å². The maximum Gasteiger partial charge on any atom is 0.416 e. The molecule has 130 valence electrons. The van der Waals surface area contributed by atoms with E-state index in [9.17, 15) is 18.0 Å². The van der Waals surface area contributed by atoms with Crippen molar-refractivity contribution in [2.45, 2.75) is 24.9 Å². The van der Waals surface area contributed by atoms with Crippen LogP contribution in [0.25, 0.3) is 0 Å². The van der Waals surface area contributed by atoms with Gasteiger partial charge in [0.1, 0.15) is 0 Å². The fraction of sp³-hybridized carbons (Fsp3) is 0.222. The monoisotopic (exact) mass is 365 g/mol. The molecular formula is C18H14F3NO2S. The van der Waals surface area contributed by atoms with Crippen molar-refractivity contribution in [1.82, 2.24) is 5.16 Å². The lowest BCUT2D eigenvalue weighted by atomic mass is 10.0. The average Bonchev–Trinajstić information content (AvgIpc) is 3.07. The Balaban J connectivity index is 0.000000314. The van der Waals surface area contributed by atoms with Crippen molar-refractivity contribution in [3.63, 3.8) is 0 Å². The molecule has 1 fully saturated rings. The van der Waals surface area contributed by atoms with Gasteiger partial charge in [-0.3, -0.25) is 4.79 Å². The molecule has 1 saturated carbocycles. The smallest absolute Gasteiger partial charge is 0.360 e. The first-order chi connectivity index (χ1) is 12.0.